The summed E-state index contributed by atoms with van der Waals surface area (Å²) in [5.41, 5.74) is 1.03. The van der Waals surface area contributed by atoms with Gasteiger partial charge >= 0.3 is 0 Å². The van der Waals surface area contributed by atoms with E-state index in [0.29, 0.717) is 13.1 Å². The second-order valence-corrected chi connectivity index (χ2v) is 6.95. The maximum atomic E-state index is 12.8. The van der Waals surface area contributed by atoms with Crippen molar-refractivity contribution in [3.8, 4) is 0 Å². The molecular formula is C18H24N2O2S. The van der Waals surface area contributed by atoms with Crippen LogP contribution in [-0.2, 0) is 17.9 Å². The Hall–Kier alpha value is -1.75. The van der Waals surface area contributed by atoms with Crippen LogP contribution < -0.4 is 0 Å². The Labute approximate surface area is 142 Å². The molecule has 0 aliphatic heterocycles. The topological polar surface area (TPSA) is 46.3 Å². The van der Waals surface area contributed by atoms with Crippen LogP contribution in [0.2, 0.25) is 0 Å². The van der Waals surface area contributed by atoms with E-state index in [4.69, 9.17) is 4.42 Å². The average molecular weight is 332 g/mol. The van der Waals surface area contributed by atoms with E-state index in [2.05, 4.69) is 11.9 Å². The van der Waals surface area contributed by atoms with Crippen LogP contribution in [0.1, 0.15) is 38.0 Å². The number of unbranched alkanes of at least 4 members (excludes halogenated alkanes) is 1. The van der Waals surface area contributed by atoms with Crippen molar-refractivity contribution in [2.45, 2.75) is 45.0 Å². The molecule has 0 N–H and O–H groups in total. The zero-order valence-corrected chi connectivity index (χ0v) is 14.6. The largest absolute Gasteiger partial charge is 0.467 e. The summed E-state index contributed by atoms with van der Waals surface area (Å²) in [6.07, 6.45) is 7.48. The number of hydrogen-bond acceptors (Lipinski definition) is 4. The number of hydrogen-bond donors (Lipinski definition) is 0. The predicted molar refractivity (Wildman–Crippen MR) is 94.0 cm³/mol. The number of amides is 1. The molecule has 1 amide bonds. The average Bonchev–Trinajstić information content (AvgIpc) is 3.08. The van der Waals surface area contributed by atoms with Crippen molar-refractivity contribution in [1.29, 1.82) is 0 Å². The van der Waals surface area contributed by atoms with Gasteiger partial charge < -0.3 is 9.32 Å². The summed E-state index contributed by atoms with van der Waals surface area (Å²) in [6, 6.07) is 7.63. The summed E-state index contributed by atoms with van der Waals surface area (Å²) >= 11 is 1.72. The molecule has 0 saturated carbocycles. The van der Waals surface area contributed by atoms with Crippen molar-refractivity contribution in [2.24, 2.45) is 0 Å². The van der Waals surface area contributed by atoms with E-state index in [9.17, 15) is 4.79 Å². The Balaban J connectivity index is 2.04. The molecule has 1 unspecified atom stereocenters. The summed E-state index contributed by atoms with van der Waals surface area (Å²) in [6.45, 7) is 5.19. The molecule has 2 heterocycles. The maximum absolute atomic E-state index is 12.8. The first-order chi connectivity index (χ1) is 11.2. The van der Waals surface area contributed by atoms with Crippen molar-refractivity contribution in [3.05, 3.63) is 54.2 Å². The van der Waals surface area contributed by atoms with Gasteiger partial charge in [0.15, 0.2) is 0 Å². The van der Waals surface area contributed by atoms with Gasteiger partial charge in [0.1, 0.15) is 5.76 Å². The Bertz CT molecular complexity index is 572. The van der Waals surface area contributed by atoms with E-state index < -0.39 is 0 Å². The van der Waals surface area contributed by atoms with Gasteiger partial charge in [0.25, 0.3) is 0 Å². The van der Waals surface area contributed by atoms with Crippen molar-refractivity contribution in [3.63, 3.8) is 0 Å². The van der Waals surface area contributed by atoms with Gasteiger partial charge in [-0.15, -0.1) is 11.8 Å². The van der Waals surface area contributed by atoms with E-state index in [1.165, 1.54) is 0 Å². The van der Waals surface area contributed by atoms with Crippen LogP contribution in [0.5, 0.6) is 0 Å². The molecule has 0 saturated heterocycles. The Morgan fingerprint density at radius 1 is 1.35 bits per heavy atom. The minimum atomic E-state index is -0.0480. The van der Waals surface area contributed by atoms with Crippen molar-refractivity contribution in [1.82, 2.24) is 9.88 Å². The molecule has 0 bridgehead atoms. The van der Waals surface area contributed by atoms with E-state index in [1.807, 2.05) is 36.1 Å². The molecule has 0 aliphatic carbocycles. The highest BCUT2D eigenvalue weighted by Gasteiger charge is 2.22. The molecule has 23 heavy (non-hydrogen) atoms. The number of thioether (sulfide) groups is 1. The van der Waals surface area contributed by atoms with Crippen LogP contribution in [0.4, 0.5) is 0 Å². The zero-order valence-electron chi connectivity index (χ0n) is 13.8. The molecule has 0 radical (unpaired) electrons. The van der Waals surface area contributed by atoms with Crippen LogP contribution in [0.15, 0.2) is 47.3 Å². The van der Waals surface area contributed by atoms with Crippen LogP contribution in [0, 0.1) is 0 Å². The number of carbonyl (C=O) groups excluding carboxylic acids is 1. The fourth-order valence-corrected chi connectivity index (χ4v) is 3.35. The van der Waals surface area contributed by atoms with Crippen molar-refractivity contribution in [2.75, 3.05) is 5.75 Å². The Morgan fingerprint density at radius 3 is 2.87 bits per heavy atom. The first-order valence-corrected chi connectivity index (χ1v) is 9.07. The quantitative estimate of drug-likeness (QED) is 0.648. The van der Waals surface area contributed by atoms with Crippen LogP contribution in [0.25, 0.3) is 0 Å². The highest BCUT2D eigenvalue weighted by Crippen LogP contribution is 2.19. The number of aromatic nitrogens is 1. The third kappa shape index (κ3) is 5.75. The molecule has 4 nitrogen and oxygen atoms in total. The van der Waals surface area contributed by atoms with Gasteiger partial charge in [0, 0.05) is 18.9 Å². The minimum absolute atomic E-state index is 0.0480. The second kappa shape index (κ2) is 9.40. The number of furan rings is 1. The van der Waals surface area contributed by atoms with Gasteiger partial charge in [-0.1, -0.05) is 19.4 Å². The van der Waals surface area contributed by atoms with E-state index in [-0.39, 0.29) is 11.2 Å². The lowest BCUT2D eigenvalue weighted by molar-refractivity contribution is -0.131. The van der Waals surface area contributed by atoms with E-state index in [0.717, 1.165) is 29.9 Å². The fourth-order valence-electron chi connectivity index (χ4n) is 2.25. The molecule has 5 heteroatoms. The number of nitrogens with zero attached hydrogens (tertiary/aromatic N) is 2. The normalized spacial score (nSPS) is 12.1. The van der Waals surface area contributed by atoms with Gasteiger partial charge in [-0.2, -0.15) is 0 Å². The highest BCUT2D eigenvalue weighted by atomic mass is 32.2. The molecular weight excluding hydrogens is 308 g/mol. The molecule has 0 aliphatic rings. The van der Waals surface area contributed by atoms with E-state index >= 15 is 0 Å². The lowest BCUT2D eigenvalue weighted by Crippen LogP contribution is -2.35. The van der Waals surface area contributed by atoms with Gasteiger partial charge in [0.2, 0.25) is 5.91 Å². The number of pyridine rings is 1. The molecule has 2 aromatic rings. The summed E-state index contributed by atoms with van der Waals surface area (Å²) in [4.78, 5) is 18.8. The Kier molecular flexibility index (Phi) is 7.20. The molecule has 2 aromatic heterocycles. The van der Waals surface area contributed by atoms with Crippen LogP contribution in [-0.4, -0.2) is 26.8 Å². The second-order valence-electron chi connectivity index (χ2n) is 5.50. The molecule has 0 spiro atoms. The zero-order chi connectivity index (χ0) is 16.5. The van der Waals surface area contributed by atoms with Crippen LogP contribution in [0.3, 0.4) is 0 Å². The van der Waals surface area contributed by atoms with Gasteiger partial charge in [0.05, 0.1) is 18.1 Å². The SMILES string of the molecule is CCCCSC(C)C(=O)N(Cc1cccnc1)Cc1ccco1. The third-order valence-corrected chi connectivity index (χ3v) is 4.77. The smallest absolute Gasteiger partial charge is 0.236 e. The third-order valence-electron chi connectivity index (χ3n) is 3.55. The van der Waals surface area contributed by atoms with Gasteiger partial charge in [-0.3, -0.25) is 9.78 Å². The van der Waals surface area contributed by atoms with Gasteiger partial charge in [-0.05, 0) is 42.9 Å². The predicted octanol–water partition coefficient (Wildman–Crippen LogP) is 4.13. The summed E-state index contributed by atoms with van der Waals surface area (Å²) in [5.74, 6) is 1.96. The molecule has 2 rings (SSSR count). The maximum Gasteiger partial charge on any atom is 0.236 e. The van der Waals surface area contributed by atoms with E-state index in [1.54, 1.807) is 30.4 Å². The van der Waals surface area contributed by atoms with Crippen LogP contribution >= 0.6 is 11.8 Å². The first-order valence-electron chi connectivity index (χ1n) is 8.02. The first kappa shape index (κ1) is 17.6. The summed E-state index contributed by atoms with van der Waals surface area (Å²) in [5, 5.41) is -0.0480. The highest BCUT2D eigenvalue weighted by molar-refractivity contribution is 8.00. The van der Waals surface area contributed by atoms with Crippen molar-refractivity contribution < 1.29 is 9.21 Å². The minimum Gasteiger partial charge on any atom is -0.467 e. The molecule has 0 aromatic carbocycles. The Morgan fingerprint density at radius 2 is 2.22 bits per heavy atom. The number of carbonyl (C=O) groups is 1. The summed E-state index contributed by atoms with van der Waals surface area (Å²) < 4.78 is 5.41. The lowest BCUT2D eigenvalue weighted by atomic mass is 10.2. The van der Waals surface area contributed by atoms with Gasteiger partial charge in [-0.25, -0.2) is 0 Å². The monoisotopic (exact) mass is 332 g/mol. The van der Waals surface area contributed by atoms with Crippen molar-refractivity contribution >= 4 is 17.7 Å². The molecule has 124 valence electrons. The number of rotatable bonds is 9. The standard InChI is InChI=1S/C18H24N2O2S/c1-3-4-11-23-15(2)18(21)20(14-17-8-6-10-22-17)13-16-7-5-9-19-12-16/h5-10,12,15H,3-4,11,13-14H2,1-2H3. The lowest BCUT2D eigenvalue weighted by Gasteiger charge is -2.25. The fraction of sp³-hybridized carbons (Fsp3) is 0.444. The molecule has 0 fully saturated rings. The summed E-state index contributed by atoms with van der Waals surface area (Å²) in [7, 11) is 0. The molecule has 1 atom stereocenters.